The fourth-order valence-electron chi connectivity index (χ4n) is 8.77. The van der Waals surface area contributed by atoms with Crippen molar-refractivity contribution in [1.82, 2.24) is 5.32 Å². The lowest BCUT2D eigenvalue weighted by molar-refractivity contribution is -0.142. The minimum Gasteiger partial charge on any atom is -0.480 e. The predicted octanol–water partition coefficient (Wildman–Crippen LogP) is 5.34. The molecule has 4 aliphatic rings. The second kappa shape index (κ2) is 10.9. The number of allylic oxidation sites excluding steroid dienone is 2. The minimum absolute atomic E-state index is 0.154. The first kappa shape index (κ1) is 27.6. The summed E-state index contributed by atoms with van der Waals surface area (Å²) in [4.78, 5) is 41.8. The van der Waals surface area contributed by atoms with Crippen LogP contribution in [0.1, 0.15) is 77.7 Å². The smallest absolute Gasteiger partial charge is 0.326 e. The Morgan fingerprint density at radius 3 is 2.54 bits per heavy atom. The summed E-state index contributed by atoms with van der Waals surface area (Å²) in [5, 5.41) is 16.3. The monoisotopic (exact) mass is 534 g/mol. The van der Waals surface area contributed by atoms with Crippen molar-refractivity contribution in [2.24, 2.45) is 39.7 Å². The fourth-order valence-corrected chi connectivity index (χ4v) is 8.77. The highest BCUT2D eigenvalue weighted by atomic mass is 16.6. The van der Waals surface area contributed by atoms with Gasteiger partial charge in [0, 0.05) is 12.3 Å². The maximum atomic E-state index is 12.4. The number of ketones is 1. The van der Waals surface area contributed by atoms with Crippen LogP contribution < -0.4 is 5.32 Å². The molecule has 0 bridgehead atoms. The van der Waals surface area contributed by atoms with Gasteiger partial charge in [-0.05, 0) is 98.5 Å². The lowest BCUT2D eigenvalue weighted by Gasteiger charge is -2.58. The molecule has 7 nitrogen and oxygen atoms in total. The fraction of sp³-hybridized carbons (Fsp3) is 0.625. The van der Waals surface area contributed by atoms with Crippen molar-refractivity contribution in [2.75, 3.05) is 6.61 Å². The summed E-state index contributed by atoms with van der Waals surface area (Å²) in [5.41, 5.74) is 3.46. The Morgan fingerprint density at radius 1 is 1.05 bits per heavy atom. The van der Waals surface area contributed by atoms with Crippen molar-refractivity contribution < 1.29 is 24.3 Å². The number of nitrogens with one attached hydrogen (secondary N) is 1. The van der Waals surface area contributed by atoms with Gasteiger partial charge in [-0.25, -0.2) is 4.79 Å². The number of benzene rings is 1. The van der Waals surface area contributed by atoms with Crippen LogP contribution >= 0.6 is 0 Å². The summed E-state index contributed by atoms with van der Waals surface area (Å²) in [6.07, 6.45) is 11.0. The van der Waals surface area contributed by atoms with Gasteiger partial charge >= 0.3 is 5.97 Å². The third-order valence-electron chi connectivity index (χ3n) is 10.8. The average Bonchev–Trinajstić information content (AvgIpc) is 3.26. The molecule has 3 fully saturated rings. The van der Waals surface area contributed by atoms with E-state index < -0.39 is 17.9 Å². The molecule has 7 atom stereocenters. The van der Waals surface area contributed by atoms with E-state index in [1.807, 2.05) is 30.3 Å². The first-order valence-electron chi connectivity index (χ1n) is 14.6. The Labute approximate surface area is 231 Å². The third-order valence-corrected chi connectivity index (χ3v) is 10.8. The van der Waals surface area contributed by atoms with Crippen molar-refractivity contribution in [1.29, 1.82) is 0 Å². The maximum absolute atomic E-state index is 12.4. The molecule has 0 spiro atoms. The Balaban J connectivity index is 1.19. The molecule has 0 aliphatic heterocycles. The van der Waals surface area contributed by atoms with E-state index in [2.05, 4.69) is 30.4 Å². The Morgan fingerprint density at radius 2 is 1.82 bits per heavy atom. The Hall–Kier alpha value is -2.96. The number of nitrogens with zero attached hydrogens (tertiary/aromatic N) is 1. The van der Waals surface area contributed by atoms with E-state index in [1.165, 1.54) is 24.8 Å². The van der Waals surface area contributed by atoms with Crippen LogP contribution in [0.2, 0.25) is 0 Å². The van der Waals surface area contributed by atoms with Crippen molar-refractivity contribution >= 4 is 23.4 Å². The SMILES string of the molecule is CC(=O)[C@@H]1CC[C@@H]2[C@@H]3CCC4=CC(=NOCC(=O)N[C@H](Cc5ccccc5)C(=O)O)CC[C@]4(C)[C@H]3CC[C@@]21C. The zero-order valence-corrected chi connectivity index (χ0v) is 23.4. The van der Waals surface area contributed by atoms with E-state index >= 15 is 0 Å². The predicted molar refractivity (Wildman–Crippen MR) is 149 cm³/mol. The molecule has 39 heavy (non-hydrogen) atoms. The number of hydrogen-bond donors (Lipinski definition) is 2. The van der Waals surface area contributed by atoms with E-state index in [1.54, 1.807) is 6.92 Å². The first-order valence-corrected chi connectivity index (χ1v) is 14.6. The second-order valence-electron chi connectivity index (χ2n) is 12.8. The van der Waals surface area contributed by atoms with Crippen LogP contribution in [-0.2, 0) is 25.6 Å². The molecule has 1 aromatic carbocycles. The van der Waals surface area contributed by atoms with Gasteiger partial charge in [-0.1, -0.05) is 54.9 Å². The number of Topliss-reactive ketones (excluding diaryl/α,β-unsaturated/α-hetero) is 1. The highest BCUT2D eigenvalue weighted by molar-refractivity contribution is 5.96. The summed E-state index contributed by atoms with van der Waals surface area (Å²) in [6.45, 7) is 6.29. The van der Waals surface area contributed by atoms with E-state index in [4.69, 9.17) is 4.84 Å². The molecule has 0 saturated heterocycles. The number of carbonyl (C=O) groups is 3. The van der Waals surface area contributed by atoms with Crippen LogP contribution in [0.5, 0.6) is 0 Å². The molecule has 0 unspecified atom stereocenters. The standard InChI is InChI=1S/C32H42N2O5/c1-20(35)25-11-12-26-24-10-9-22-18-23(13-15-31(22,2)27(24)14-16-32(25,26)3)34-39-19-29(36)33-28(30(37)38)17-21-7-5-4-6-8-21/h4-8,18,24-28H,9-17,19H2,1-3H3,(H,33,36)(H,37,38)/t24-,25-,26+,27-,28+,31-,32+/m0/s1. The van der Waals surface area contributed by atoms with Crippen LogP contribution in [0.15, 0.2) is 47.1 Å². The molecular weight excluding hydrogens is 492 g/mol. The van der Waals surface area contributed by atoms with Gasteiger partial charge in [0.05, 0.1) is 5.71 Å². The molecule has 5 rings (SSSR count). The zero-order valence-electron chi connectivity index (χ0n) is 23.4. The highest BCUT2D eigenvalue weighted by Crippen LogP contribution is 2.66. The van der Waals surface area contributed by atoms with Gasteiger partial charge in [0.15, 0.2) is 6.61 Å². The van der Waals surface area contributed by atoms with E-state index in [9.17, 15) is 19.5 Å². The van der Waals surface area contributed by atoms with Gasteiger partial charge in [-0.2, -0.15) is 0 Å². The average molecular weight is 535 g/mol. The van der Waals surface area contributed by atoms with Gasteiger partial charge in [-0.15, -0.1) is 0 Å². The van der Waals surface area contributed by atoms with E-state index in [0.717, 1.165) is 43.4 Å². The van der Waals surface area contributed by atoms with Gasteiger partial charge in [0.2, 0.25) is 0 Å². The lowest BCUT2D eigenvalue weighted by Crippen LogP contribution is -2.51. The van der Waals surface area contributed by atoms with Gasteiger partial charge < -0.3 is 15.3 Å². The highest BCUT2D eigenvalue weighted by Gasteiger charge is 2.59. The molecule has 2 N–H and O–H groups in total. The van der Waals surface area contributed by atoms with Crippen molar-refractivity contribution in [3.05, 3.63) is 47.5 Å². The number of fused-ring (bicyclic) bond motifs is 5. The summed E-state index contributed by atoms with van der Waals surface area (Å²) >= 11 is 0. The van der Waals surface area contributed by atoms with Crippen molar-refractivity contribution in [3.63, 3.8) is 0 Å². The number of carbonyl (C=O) groups excluding carboxylic acids is 2. The third kappa shape index (κ3) is 5.29. The molecule has 0 heterocycles. The topological polar surface area (TPSA) is 105 Å². The molecule has 210 valence electrons. The van der Waals surface area contributed by atoms with Gasteiger partial charge in [-0.3, -0.25) is 9.59 Å². The normalized spacial score (nSPS) is 35.2. The quantitative estimate of drug-likeness (QED) is 0.438. The summed E-state index contributed by atoms with van der Waals surface area (Å²) in [6, 6.07) is 8.21. The number of hydrogen-bond acceptors (Lipinski definition) is 5. The molecule has 0 aromatic heterocycles. The van der Waals surface area contributed by atoms with Gasteiger partial charge in [0.25, 0.3) is 5.91 Å². The number of oxime groups is 1. The largest absolute Gasteiger partial charge is 0.480 e. The van der Waals surface area contributed by atoms with Crippen LogP contribution in [-0.4, -0.2) is 41.1 Å². The van der Waals surface area contributed by atoms with E-state index in [-0.39, 0.29) is 29.8 Å². The molecule has 7 heteroatoms. The number of carboxylic acid groups (broad SMARTS) is 1. The minimum atomic E-state index is -1.08. The van der Waals surface area contributed by atoms with E-state index in [0.29, 0.717) is 23.5 Å². The van der Waals surface area contributed by atoms with Crippen LogP contribution in [0.4, 0.5) is 0 Å². The molecule has 0 radical (unpaired) electrons. The molecule has 4 aliphatic carbocycles. The maximum Gasteiger partial charge on any atom is 0.326 e. The molecule has 1 aromatic rings. The Bertz CT molecular complexity index is 1180. The second-order valence-corrected chi connectivity index (χ2v) is 12.8. The first-order chi connectivity index (χ1) is 18.6. The molecule has 1 amide bonds. The number of carboxylic acids is 1. The van der Waals surface area contributed by atoms with Crippen LogP contribution in [0, 0.1) is 34.5 Å². The number of aliphatic carboxylic acids is 1. The molecule has 3 saturated carbocycles. The summed E-state index contributed by atoms with van der Waals surface area (Å²) in [5.74, 6) is 1.01. The zero-order chi connectivity index (χ0) is 27.8. The number of amides is 1. The Kier molecular flexibility index (Phi) is 7.71. The van der Waals surface area contributed by atoms with Crippen LogP contribution in [0.3, 0.4) is 0 Å². The van der Waals surface area contributed by atoms with Gasteiger partial charge in [0.1, 0.15) is 11.8 Å². The van der Waals surface area contributed by atoms with Crippen molar-refractivity contribution in [3.8, 4) is 0 Å². The lowest BCUT2D eigenvalue weighted by atomic mass is 9.46. The number of rotatable bonds is 8. The van der Waals surface area contributed by atoms with Crippen molar-refractivity contribution in [2.45, 2.75) is 84.6 Å². The van der Waals surface area contributed by atoms with Crippen LogP contribution in [0.25, 0.3) is 0 Å². The summed E-state index contributed by atoms with van der Waals surface area (Å²) in [7, 11) is 0. The molecular formula is C32H42N2O5. The summed E-state index contributed by atoms with van der Waals surface area (Å²) < 4.78 is 0.